The number of carbonyl (C=O) groups is 1. The first kappa shape index (κ1) is 13.6. The fraction of sp³-hybridized carbons (Fsp3) is 0.300. The maximum Gasteiger partial charge on any atom is 0.341 e. The minimum Gasteiger partial charge on any atom is -0.458 e. The second-order valence-corrected chi connectivity index (χ2v) is 4.94. The minimum absolute atomic E-state index is 0.283. The van der Waals surface area contributed by atoms with Crippen LogP contribution in [0.15, 0.2) is 24.3 Å². The quantitative estimate of drug-likeness (QED) is 0.652. The van der Waals surface area contributed by atoms with Crippen molar-refractivity contribution < 1.29 is 26.9 Å². The molecule has 94 valence electrons. The molecular formula is C10H11FO5S. The highest BCUT2D eigenvalue weighted by Crippen LogP contribution is 2.09. The molecular weight excluding hydrogens is 251 g/mol. The molecule has 1 N–H and O–H groups in total. The highest BCUT2D eigenvalue weighted by atomic mass is 32.2. The van der Waals surface area contributed by atoms with Gasteiger partial charge < -0.3 is 4.74 Å². The molecule has 0 amide bonds. The van der Waals surface area contributed by atoms with E-state index >= 15 is 0 Å². The average Bonchev–Trinajstić information content (AvgIpc) is 2.14. The summed E-state index contributed by atoms with van der Waals surface area (Å²) in [6.45, 7) is 1.28. The molecule has 1 aromatic rings. The molecule has 0 aromatic heterocycles. The van der Waals surface area contributed by atoms with Gasteiger partial charge in [0, 0.05) is 0 Å². The molecule has 0 fully saturated rings. The van der Waals surface area contributed by atoms with Gasteiger partial charge in [-0.15, -0.1) is 0 Å². The van der Waals surface area contributed by atoms with E-state index in [-0.39, 0.29) is 5.56 Å². The van der Waals surface area contributed by atoms with Gasteiger partial charge in [0.15, 0.2) is 0 Å². The van der Waals surface area contributed by atoms with Crippen molar-refractivity contribution in [2.45, 2.75) is 13.0 Å². The number of rotatable bonds is 4. The first-order valence-corrected chi connectivity index (χ1v) is 6.31. The summed E-state index contributed by atoms with van der Waals surface area (Å²) >= 11 is 0. The van der Waals surface area contributed by atoms with Crippen LogP contribution in [0.25, 0.3) is 0 Å². The van der Waals surface area contributed by atoms with Crippen LogP contribution >= 0.6 is 0 Å². The molecule has 1 rings (SSSR count). The molecule has 0 aliphatic carbocycles. The smallest absolute Gasteiger partial charge is 0.341 e. The molecule has 7 heteroatoms. The molecule has 0 saturated carbocycles. The van der Waals surface area contributed by atoms with E-state index in [0.29, 0.717) is 0 Å². The predicted octanol–water partition coefficient (Wildman–Crippen LogP) is 1.26. The monoisotopic (exact) mass is 262 g/mol. The molecule has 0 aliphatic rings. The van der Waals surface area contributed by atoms with E-state index in [1.165, 1.54) is 25.1 Å². The summed E-state index contributed by atoms with van der Waals surface area (Å²) in [6.07, 6.45) is -1.06. The normalized spacial score (nSPS) is 13.1. The van der Waals surface area contributed by atoms with Gasteiger partial charge in [-0.25, -0.2) is 9.18 Å². The molecule has 17 heavy (non-hydrogen) atoms. The molecule has 0 aliphatic heterocycles. The summed E-state index contributed by atoms with van der Waals surface area (Å²) in [6, 6.07) is 5.17. The highest BCUT2D eigenvalue weighted by molar-refractivity contribution is 7.85. The Morgan fingerprint density at radius 2 is 2.06 bits per heavy atom. The highest BCUT2D eigenvalue weighted by Gasteiger charge is 2.19. The predicted molar refractivity (Wildman–Crippen MR) is 57.7 cm³/mol. The molecule has 5 nitrogen and oxygen atoms in total. The van der Waals surface area contributed by atoms with Gasteiger partial charge in [-0.1, -0.05) is 12.1 Å². The van der Waals surface area contributed by atoms with Crippen molar-refractivity contribution in [2.24, 2.45) is 0 Å². The Morgan fingerprint density at radius 3 is 2.59 bits per heavy atom. The Balaban J connectivity index is 2.71. The number of halogens is 1. The van der Waals surface area contributed by atoms with E-state index in [2.05, 4.69) is 4.74 Å². The lowest BCUT2D eigenvalue weighted by molar-refractivity contribution is 0.0376. The average molecular weight is 262 g/mol. The van der Waals surface area contributed by atoms with Crippen molar-refractivity contribution in [2.75, 3.05) is 5.75 Å². The Hall–Kier alpha value is -1.47. The molecule has 0 saturated heterocycles. The minimum atomic E-state index is -4.23. The second-order valence-electron chi connectivity index (χ2n) is 3.44. The van der Waals surface area contributed by atoms with Crippen LogP contribution in [-0.4, -0.2) is 30.8 Å². The van der Waals surface area contributed by atoms with E-state index in [9.17, 15) is 17.6 Å². The van der Waals surface area contributed by atoms with Crippen molar-refractivity contribution in [1.82, 2.24) is 0 Å². The fourth-order valence-electron chi connectivity index (χ4n) is 1.20. The third-order valence-corrected chi connectivity index (χ3v) is 2.74. The van der Waals surface area contributed by atoms with Gasteiger partial charge in [0.05, 0.1) is 5.56 Å². The van der Waals surface area contributed by atoms with Crippen molar-refractivity contribution in [3.05, 3.63) is 35.6 Å². The zero-order chi connectivity index (χ0) is 13.1. The van der Waals surface area contributed by atoms with Crippen LogP contribution in [0.4, 0.5) is 4.39 Å². The summed E-state index contributed by atoms with van der Waals surface area (Å²) in [5, 5.41) is 0. The van der Waals surface area contributed by atoms with Crippen molar-refractivity contribution in [1.29, 1.82) is 0 Å². The van der Waals surface area contributed by atoms with Crippen LogP contribution < -0.4 is 0 Å². The lowest BCUT2D eigenvalue weighted by Gasteiger charge is -2.11. The van der Waals surface area contributed by atoms with Gasteiger partial charge in [-0.05, 0) is 19.1 Å². The number of esters is 1. The number of ether oxygens (including phenoxy) is 1. The van der Waals surface area contributed by atoms with Crippen LogP contribution in [0, 0.1) is 5.82 Å². The van der Waals surface area contributed by atoms with E-state index in [0.717, 1.165) is 6.07 Å². The molecule has 1 aromatic carbocycles. The first-order chi connectivity index (χ1) is 7.79. The topological polar surface area (TPSA) is 80.7 Å². The van der Waals surface area contributed by atoms with Crippen molar-refractivity contribution in [3.63, 3.8) is 0 Å². The van der Waals surface area contributed by atoms with Crippen molar-refractivity contribution in [3.8, 4) is 0 Å². The van der Waals surface area contributed by atoms with Gasteiger partial charge in [0.25, 0.3) is 10.1 Å². The lowest BCUT2D eigenvalue weighted by Crippen LogP contribution is -2.24. The fourth-order valence-corrected chi connectivity index (χ4v) is 1.86. The SMILES string of the molecule is CC(CS(=O)(=O)O)OC(=O)c1ccccc1F. The van der Waals surface area contributed by atoms with Gasteiger partial charge in [-0.3, -0.25) is 4.55 Å². The van der Waals surface area contributed by atoms with Crippen LogP contribution in [0.1, 0.15) is 17.3 Å². The summed E-state index contributed by atoms with van der Waals surface area (Å²) in [5.74, 6) is -2.46. The molecule has 0 radical (unpaired) electrons. The second kappa shape index (κ2) is 5.24. The van der Waals surface area contributed by atoms with E-state index in [1.54, 1.807) is 0 Å². The molecule has 0 bridgehead atoms. The first-order valence-electron chi connectivity index (χ1n) is 4.70. The Labute approximate surface area is 98.0 Å². The third-order valence-electron chi connectivity index (χ3n) is 1.85. The zero-order valence-electron chi connectivity index (χ0n) is 8.96. The number of hydrogen-bond acceptors (Lipinski definition) is 4. The van der Waals surface area contributed by atoms with Gasteiger partial charge in [-0.2, -0.15) is 8.42 Å². The van der Waals surface area contributed by atoms with Gasteiger partial charge in [0.2, 0.25) is 0 Å². The maximum absolute atomic E-state index is 13.2. The zero-order valence-corrected chi connectivity index (χ0v) is 9.78. The summed E-state index contributed by atoms with van der Waals surface area (Å²) in [7, 11) is -4.23. The Bertz CT molecular complexity index is 511. The molecule has 0 spiro atoms. The van der Waals surface area contributed by atoms with Gasteiger partial charge >= 0.3 is 5.97 Å². The Kier molecular flexibility index (Phi) is 4.19. The lowest BCUT2D eigenvalue weighted by atomic mass is 10.2. The van der Waals surface area contributed by atoms with Gasteiger partial charge in [0.1, 0.15) is 17.7 Å². The summed E-state index contributed by atoms with van der Waals surface area (Å²) < 4.78 is 47.4. The number of hydrogen-bond donors (Lipinski definition) is 1. The third kappa shape index (κ3) is 4.49. The van der Waals surface area contributed by atoms with E-state index < -0.39 is 33.8 Å². The summed E-state index contributed by atoms with van der Waals surface area (Å²) in [4.78, 5) is 11.4. The molecule has 1 unspecified atom stereocenters. The van der Waals surface area contributed by atoms with E-state index in [4.69, 9.17) is 4.55 Å². The maximum atomic E-state index is 13.2. The summed E-state index contributed by atoms with van der Waals surface area (Å²) in [5.41, 5.74) is -0.283. The van der Waals surface area contributed by atoms with E-state index in [1.807, 2.05) is 0 Å². The van der Waals surface area contributed by atoms with Crippen LogP contribution in [0.5, 0.6) is 0 Å². The van der Waals surface area contributed by atoms with Crippen LogP contribution in [0.3, 0.4) is 0 Å². The van der Waals surface area contributed by atoms with Crippen molar-refractivity contribution >= 4 is 16.1 Å². The Morgan fingerprint density at radius 1 is 1.47 bits per heavy atom. The largest absolute Gasteiger partial charge is 0.458 e. The number of carbonyl (C=O) groups excluding carboxylic acids is 1. The van der Waals surface area contributed by atoms with Crippen LogP contribution in [0.2, 0.25) is 0 Å². The molecule has 1 atom stereocenters. The van der Waals surface area contributed by atoms with Crippen LogP contribution in [-0.2, 0) is 14.9 Å². The standard InChI is InChI=1S/C10H11FO5S/c1-7(6-17(13,14)15)16-10(12)8-4-2-3-5-9(8)11/h2-5,7H,6H2,1H3,(H,13,14,15). The number of benzene rings is 1. The molecule has 0 heterocycles.